The SMILES string of the molecule is Cc1cc(Br)cc(N)c1C(N)=O. The summed E-state index contributed by atoms with van der Waals surface area (Å²) in [7, 11) is 0. The predicted octanol–water partition coefficient (Wildman–Crippen LogP) is 1.44. The van der Waals surface area contributed by atoms with Crippen molar-refractivity contribution in [2.24, 2.45) is 5.73 Å². The fourth-order valence-corrected chi connectivity index (χ4v) is 1.70. The van der Waals surface area contributed by atoms with E-state index in [1.54, 1.807) is 19.1 Å². The van der Waals surface area contributed by atoms with E-state index < -0.39 is 5.91 Å². The maximum atomic E-state index is 10.9. The van der Waals surface area contributed by atoms with Crippen molar-refractivity contribution in [3.05, 3.63) is 27.7 Å². The van der Waals surface area contributed by atoms with Gasteiger partial charge in [-0.05, 0) is 24.6 Å². The molecule has 0 aromatic heterocycles. The van der Waals surface area contributed by atoms with E-state index >= 15 is 0 Å². The zero-order valence-corrected chi connectivity index (χ0v) is 8.18. The van der Waals surface area contributed by atoms with Crippen molar-refractivity contribution < 1.29 is 4.79 Å². The molecule has 1 aromatic rings. The fraction of sp³-hybridized carbons (Fsp3) is 0.125. The van der Waals surface area contributed by atoms with Gasteiger partial charge in [0.1, 0.15) is 0 Å². The monoisotopic (exact) mass is 228 g/mol. The van der Waals surface area contributed by atoms with Gasteiger partial charge in [0, 0.05) is 10.2 Å². The molecule has 0 bridgehead atoms. The number of hydrogen-bond acceptors (Lipinski definition) is 2. The number of carbonyl (C=O) groups excluding carboxylic acids is 1. The van der Waals surface area contributed by atoms with Crippen LogP contribution in [0.25, 0.3) is 0 Å². The Morgan fingerprint density at radius 2 is 2.08 bits per heavy atom. The molecule has 1 amide bonds. The van der Waals surface area contributed by atoms with Gasteiger partial charge in [-0.3, -0.25) is 4.79 Å². The molecule has 0 aliphatic rings. The van der Waals surface area contributed by atoms with Crippen molar-refractivity contribution in [2.75, 3.05) is 5.73 Å². The molecular formula is C8H9BrN2O. The Morgan fingerprint density at radius 1 is 1.50 bits per heavy atom. The standard InChI is InChI=1S/C8H9BrN2O/c1-4-2-5(9)3-6(10)7(4)8(11)12/h2-3H,10H2,1H3,(H2,11,12). The minimum Gasteiger partial charge on any atom is -0.398 e. The van der Waals surface area contributed by atoms with Crippen molar-refractivity contribution in [3.63, 3.8) is 0 Å². The molecule has 1 rings (SSSR count). The maximum Gasteiger partial charge on any atom is 0.251 e. The summed E-state index contributed by atoms with van der Waals surface area (Å²) < 4.78 is 0.850. The summed E-state index contributed by atoms with van der Waals surface area (Å²) in [4.78, 5) is 10.9. The van der Waals surface area contributed by atoms with Gasteiger partial charge in [0.25, 0.3) is 5.91 Å². The molecule has 0 radical (unpaired) electrons. The molecule has 0 saturated heterocycles. The van der Waals surface area contributed by atoms with Crippen LogP contribution in [0.4, 0.5) is 5.69 Å². The lowest BCUT2D eigenvalue weighted by molar-refractivity contribution is 0.100. The van der Waals surface area contributed by atoms with Crippen molar-refractivity contribution in [3.8, 4) is 0 Å². The van der Waals surface area contributed by atoms with Crippen LogP contribution in [-0.2, 0) is 0 Å². The summed E-state index contributed by atoms with van der Waals surface area (Å²) in [6, 6.07) is 3.46. The number of anilines is 1. The number of halogens is 1. The second-order valence-corrected chi connectivity index (χ2v) is 3.47. The molecule has 0 atom stereocenters. The summed E-state index contributed by atoms with van der Waals surface area (Å²) in [5, 5.41) is 0. The minimum absolute atomic E-state index is 0.401. The minimum atomic E-state index is -0.488. The van der Waals surface area contributed by atoms with Gasteiger partial charge in [-0.25, -0.2) is 0 Å². The first-order valence-electron chi connectivity index (χ1n) is 3.38. The van der Waals surface area contributed by atoms with Crippen LogP contribution in [-0.4, -0.2) is 5.91 Å². The number of primary amides is 1. The van der Waals surface area contributed by atoms with Crippen molar-refractivity contribution in [1.82, 2.24) is 0 Å². The zero-order chi connectivity index (χ0) is 9.30. The molecule has 0 spiro atoms. The van der Waals surface area contributed by atoms with Crippen LogP contribution in [0.5, 0.6) is 0 Å². The van der Waals surface area contributed by atoms with Crippen LogP contribution >= 0.6 is 15.9 Å². The molecule has 12 heavy (non-hydrogen) atoms. The molecule has 64 valence electrons. The number of nitrogens with two attached hydrogens (primary N) is 2. The third-order valence-corrected chi connectivity index (χ3v) is 2.04. The van der Waals surface area contributed by atoms with Gasteiger partial charge >= 0.3 is 0 Å². The topological polar surface area (TPSA) is 69.1 Å². The van der Waals surface area contributed by atoms with Gasteiger partial charge in [0.05, 0.1) is 5.56 Å². The lowest BCUT2D eigenvalue weighted by Gasteiger charge is -2.05. The fourth-order valence-electron chi connectivity index (χ4n) is 1.11. The summed E-state index contributed by atoms with van der Waals surface area (Å²) in [6.45, 7) is 1.79. The van der Waals surface area contributed by atoms with Crippen LogP contribution in [0.15, 0.2) is 16.6 Å². The van der Waals surface area contributed by atoms with Crippen molar-refractivity contribution in [1.29, 1.82) is 0 Å². The Kier molecular flexibility index (Phi) is 2.38. The lowest BCUT2D eigenvalue weighted by Crippen LogP contribution is -2.15. The first-order valence-corrected chi connectivity index (χ1v) is 4.17. The Morgan fingerprint density at radius 3 is 2.50 bits per heavy atom. The number of nitrogen functional groups attached to an aromatic ring is 1. The first-order chi connectivity index (χ1) is 5.52. The van der Waals surface area contributed by atoms with Gasteiger partial charge in [-0.2, -0.15) is 0 Å². The predicted molar refractivity (Wildman–Crippen MR) is 51.8 cm³/mol. The molecule has 0 heterocycles. The molecule has 1 aromatic carbocycles. The van der Waals surface area contributed by atoms with E-state index in [0.717, 1.165) is 10.0 Å². The largest absolute Gasteiger partial charge is 0.398 e. The maximum absolute atomic E-state index is 10.9. The summed E-state index contributed by atoms with van der Waals surface area (Å²) in [6.07, 6.45) is 0. The second kappa shape index (κ2) is 3.15. The van der Waals surface area contributed by atoms with Crippen LogP contribution in [0, 0.1) is 6.92 Å². The van der Waals surface area contributed by atoms with E-state index in [9.17, 15) is 4.79 Å². The highest BCUT2D eigenvalue weighted by Gasteiger charge is 2.09. The normalized spacial score (nSPS) is 9.83. The van der Waals surface area contributed by atoms with E-state index in [4.69, 9.17) is 11.5 Å². The quantitative estimate of drug-likeness (QED) is 0.715. The third kappa shape index (κ3) is 1.58. The van der Waals surface area contributed by atoms with E-state index in [1.807, 2.05) is 0 Å². The van der Waals surface area contributed by atoms with Gasteiger partial charge in [-0.1, -0.05) is 15.9 Å². The number of benzene rings is 1. The van der Waals surface area contributed by atoms with E-state index in [-0.39, 0.29) is 0 Å². The Bertz CT molecular complexity index is 313. The molecule has 0 fully saturated rings. The zero-order valence-electron chi connectivity index (χ0n) is 6.60. The van der Waals surface area contributed by atoms with E-state index in [0.29, 0.717) is 11.3 Å². The summed E-state index contributed by atoms with van der Waals surface area (Å²) in [5.41, 5.74) is 12.3. The van der Waals surface area contributed by atoms with Crippen LogP contribution < -0.4 is 11.5 Å². The Labute approximate surface area is 78.9 Å². The number of amides is 1. The molecule has 3 nitrogen and oxygen atoms in total. The number of carbonyl (C=O) groups is 1. The lowest BCUT2D eigenvalue weighted by atomic mass is 10.1. The van der Waals surface area contributed by atoms with Gasteiger partial charge in [0.2, 0.25) is 0 Å². The first kappa shape index (κ1) is 9.06. The highest BCUT2D eigenvalue weighted by atomic mass is 79.9. The molecule has 4 N–H and O–H groups in total. The number of aryl methyl sites for hydroxylation is 1. The average molecular weight is 229 g/mol. The Balaban J connectivity index is 3.38. The number of rotatable bonds is 1. The smallest absolute Gasteiger partial charge is 0.251 e. The van der Waals surface area contributed by atoms with Gasteiger partial charge in [0.15, 0.2) is 0 Å². The number of hydrogen-bond donors (Lipinski definition) is 2. The van der Waals surface area contributed by atoms with Gasteiger partial charge < -0.3 is 11.5 Å². The third-order valence-electron chi connectivity index (χ3n) is 1.58. The molecule has 4 heteroatoms. The molecule has 0 unspecified atom stereocenters. The Hall–Kier alpha value is -1.03. The van der Waals surface area contributed by atoms with Crippen LogP contribution in [0.2, 0.25) is 0 Å². The van der Waals surface area contributed by atoms with Crippen LogP contribution in [0.3, 0.4) is 0 Å². The molecule has 0 aliphatic heterocycles. The highest BCUT2D eigenvalue weighted by Crippen LogP contribution is 2.22. The summed E-state index contributed by atoms with van der Waals surface area (Å²) in [5.74, 6) is -0.488. The summed E-state index contributed by atoms with van der Waals surface area (Å²) >= 11 is 3.26. The molecule has 0 aliphatic carbocycles. The van der Waals surface area contributed by atoms with Crippen molar-refractivity contribution >= 4 is 27.5 Å². The molecular weight excluding hydrogens is 220 g/mol. The van der Waals surface area contributed by atoms with Crippen molar-refractivity contribution in [2.45, 2.75) is 6.92 Å². The van der Waals surface area contributed by atoms with E-state index in [2.05, 4.69) is 15.9 Å². The van der Waals surface area contributed by atoms with E-state index in [1.165, 1.54) is 0 Å². The molecule has 0 saturated carbocycles. The van der Waals surface area contributed by atoms with Gasteiger partial charge in [-0.15, -0.1) is 0 Å². The second-order valence-electron chi connectivity index (χ2n) is 2.55. The highest BCUT2D eigenvalue weighted by molar-refractivity contribution is 9.10. The van der Waals surface area contributed by atoms with Crippen LogP contribution in [0.1, 0.15) is 15.9 Å². The average Bonchev–Trinajstić information content (AvgIpc) is 1.82.